The molecule has 0 aliphatic heterocycles. The van der Waals surface area contributed by atoms with Gasteiger partial charge in [0.25, 0.3) is 10.0 Å². The average molecular weight is 433 g/mol. The van der Waals surface area contributed by atoms with E-state index < -0.39 is 15.9 Å². The van der Waals surface area contributed by atoms with Crippen LogP contribution in [0, 0.1) is 6.92 Å². The highest BCUT2D eigenvalue weighted by Crippen LogP contribution is 2.36. The van der Waals surface area contributed by atoms with E-state index in [1.54, 1.807) is 17.5 Å². The first-order valence-electron chi connectivity index (χ1n) is 9.19. The Morgan fingerprint density at radius 2 is 2.14 bits per heavy atom. The summed E-state index contributed by atoms with van der Waals surface area (Å²) in [4.78, 5) is 16.4. The molecule has 0 saturated heterocycles. The molecule has 0 bridgehead atoms. The first-order chi connectivity index (χ1) is 13.9. The molecular weight excluding hydrogens is 412 g/mol. The number of sulfonamides is 1. The Morgan fingerprint density at radius 3 is 2.86 bits per heavy atom. The molecule has 2 N–H and O–H groups in total. The Bertz CT molecular complexity index is 1130. The maximum absolute atomic E-state index is 12.5. The molecule has 1 aliphatic rings. The van der Waals surface area contributed by atoms with Gasteiger partial charge in [0.15, 0.2) is 0 Å². The van der Waals surface area contributed by atoms with Crippen LogP contribution in [0.5, 0.6) is 0 Å². The lowest BCUT2D eigenvalue weighted by atomic mass is 9.85. The summed E-state index contributed by atoms with van der Waals surface area (Å²) < 4.78 is 32.7. The smallest absolute Gasteiger partial charge is 0.250 e. The van der Waals surface area contributed by atoms with Crippen LogP contribution < -0.4 is 10.0 Å². The fourth-order valence-electron chi connectivity index (χ4n) is 2.91. The third-order valence-electron chi connectivity index (χ3n) is 4.72. The van der Waals surface area contributed by atoms with Gasteiger partial charge in [-0.3, -0.25) is 4.79 Å². The number of anilines is 1. The van der Waals surface area contributed by atoms with Gasteiger partial charge in [-0.05, 0) is 43.5 Å². The third kappa shape index (κ3) is 4.55. The largest absolute Gasteiger partial charge is 0.339 e. The van der Waals surface area contributed by atoms with Crippen LogP contribution in [0.25, 0.3) is 11.4 Å². The second-order valence-corrected chi connectivity index (χ2v) is 9.89. The molecule has 0 spiro atoms. The second kappa shape index (κ2) is 8.05. The van der Waals surface area contributed by atoms with Gasteiger partial charge in [0, 0.05) is 22.5 Å². The zero-order chi connectivity index (χ0) is 20.4. The predicted octanol–water partition coefficient (Wildman–Crippen LogP) is 3.29. The van der Waals surface area contributed by atoms with E-state index in [0.717, 1.165) is 36.2 Å². The summed E-state index contributed by atoms with van der Waals surface area (Å²) in [5.41, 5.74) is 2.19. The number of rotatable bonds is 7. The predicted molar refractivity (Wildman–Crippen MR) is 109 cm³/mol. The van der Waals surface area contributed by atoms with Crippen molar-refractivity contribution in [3.8, 4) is 11.4 Å². The van der Waals surface area contributed by atoms with E-state index in [1.807, 2.05) is 19.1 Å². The highest BCUT2D eigenvalue weighted by Gasteiger charge is 2.26. The number of hydrogen-bond acceptors (Lipinski definition) is 7. The molecule has 2 aromatic heterocycles. The molecule has 2 heterocycles. The minimum absolute atomic E-state index is 0.0887. The number of carbonyl (C=O) groups is 1. The maximum Gasteiger partial charge on any atom is 0.250 e. The van der Waals surface area contributed by atoms with Crippen molar-refractivity contribution >= 4 is 33.0 Å². The molecule has 1 saturated carbocycles. The number of amides is 1. The lowest BCUT2D eigenvalue weighted by Gasteiger charge is -2.20. The van der Waals surface area contributed by atoms with E-state index in [1.165, 1.54) is 6.07 Å². The number of thiophene rings is 1. The van der Waals surface area contributed by atoms with Crippen molar-refractivity contribution in [1.82, 2.24) is 14.9 Å². The number of aryl methyl sites for hydroxylation is 1. The van der Waals surface area contributed by atoms with Gasteiger partial charge in [-0.2, -0.15) is 4.98 Å². The Kier molecular flexibility index (Phi) is 5.48. The van der Waals surface area contributed by atoms with E-state index in [0.29, 0.717) is 28.9 Å². The second-order valence-electron chi connectivity index (χ2n) is 6.98. The van der Waals surface area contributed by atoms with E-state index in [-0.39, 0.29) is 10.8 Å². The highest BCUT2D eigenvalue weighted by atomic mass is 32.2. The number of nitrogens with zero attached hydrogens (tertiary/aromatic N) is 2. The van der Waals surface area contributed by atoms with Crippen LogP contribution in [0.2, 0.25) is 0 Å². The number of carbonyl (C=O) groups excluding carboxylic acids is 1. The van der Waals surface area contributed by atoms with Gasteiger partial charge in [0.2, 0.25) is 17.6 Å². The zero-order valence-corrected chi connectivity index (χ0v) is 17.3. The molecule has 152 valence electrons. The van der Waals surface area contributed by atoms with E-state index in [4.69, 9.17) is 4.52 Å². The van der Waals surface area contributed by atoms with Crippen LogP contribution in [0.4, 0.5) is 5.69 Å². The minimum atomic E-state index is -3.82. The Labute approximate surface area is 172 Å². The SMILES string of the molecule is Cc1cccc(NC(=O)CNS(=O)(=O)c2cc(-c3noc(C4CCC4)n3)cs2)c1. The molecule has 1 aromatic carbocycles. The average Bonchev–Trinajstić information content (AvgIpc) is 3.28. The van der Waals surface area contributed by atoms with Crippen molar-refractivity contribution in [1.29, 1.82) is 0 Å². The van der Waals surface area contributed by atoms with Crippen LogP contribution in [-0.4, -0.2) is 31.0 Å². The number of aromatic nitrogens is 2. The van der Waals surface area contributed by atoms with Crippen LogP contribution in [-0.2, 0) is 14.8 Å². The van der Waals surface area contributed by atoms with E-state index in [9.17, 15) is 13.2 Å². The normalized spacial score (nSPS) is 14.5. The molecule has 0 radical (unpaired) electrons. The van der Waals surface area contributed by atoms with Gasteiger partial charge in [-0.25, -0.2) is 13.1 Å². The highest BCUT2D eigenvalue weighted by molar-refractivity contribution is 7.91. The number of nitrogens with one attached hydrogen (secondary N) is 2. The molecule has 10 heteroatoms. The van der Waals surface area contributed by atoms with Crippen molar-refractivity contribution in [2.24, 2.45) is 0 Å². The summed E-state index contributed by atoms with van der Waals surface area (Å²) >= 11 is 1.04. The Balaban J connectivity index is 1.38. The maximum atomic E-state index is 12.5. The molecule has 8 nitrogen and oxygen atoms in total. The first kappa shape index (κ1) is 19.7. The quantitative estimate of drug-likeness (QED) is 0.592. The number of benzene rings is 1. The standard InChI is InChI=1S/C19H20N4O4S2/c1-12-4-2-7-15(8-12)21-16(24)10-20-29(25,26)17-9-14(11-28-17)18-22-19(27-23-18)13-5-3-6-13/h2,4,7-9,11,13,20H,3,5-6,10H2,1H3,(H,21,24). The summed E-state index contributed by atoms with van der Waals surface area (Å²) in [6.07, 6.45) is 3.24. The summed E-state index contributed by atoms with van der Waals surface area (Å²) in [5, 5.41) is 8.28. The van der Waals surface area contributed by atoms with E-state index in [2.05, 4.69) is 20.2 Å². The molecule has 3 aromatic rings. The van der Waals surface area contributed by atoms with Gasteiger partial charge in [-0.15, -0.1) is 11.3 Å². The summed E-state index contributed by atoms with van der Waals surface area (Å²) in [6.45, 7) is 1.54. The van der Waals surface area contributed by atoms with E-state index >= 15 is 0 Å². The molecule has 1 fully saturated rings. The molecule has 29 heavy (non-hydrogen) atoms. The topological polar surface area (TPSA) is 114 Å². The molecular formula is C19H20N4O4S2. The van der Waals surface area contributed by atoms with Gasteiger partial charge in [0.1, 0.15) is 4.21 Å². The first-order valence-corrected chi connectivity index (χ1v) is 11.6. The summed E-state index contributed by atoms with van der Waals surface area (Å²) in [7, 11) is -3.82. The Hall–Kier alpha value is -2.56. The van der Waals surface area contributed by atoms with Gasteiger partial charge in [0.05, 0.1) is 6.54 Å². The summed E-state index contributed by atoms with van der Waals surface area (Å²) in [5.74, 6) is 0.848. The van der Waals surface area contributed by atoms with Gasteiger partial charge < -0.3 is 9.84 Å². The lowest BCUT2D eigenvalue weighted by Crippen LogP contribution is -2.32. The van der Waals surface area contributed by atoms with Crippen molar-refractivity contribution in [2.45, 2.75) is 36.3 Å². The molecule has 0 atom stereocenters. The third-order valence-corrected chi connectivity index (χ3v) is 7.56. The molecule has 1 aliphatic carbocycles. The van der Waals surface area contributed by atoms with Crippen molar-refractivity contribution in [3.63, 3.8) is 0 Å². The van der Waals surface area contributed by atoms with Crippen LogP contribution >= 0.6 is 11.3 Å². The minimum Gasteiger partial charge on any atom is -0.339 e. The molecule has 4 rings (SSSR count). The van der Waals surface area contributed by atoms with Crippen molar-refractivity contribution < 1.29 is 17.7 Å². The lowest BCUT2D eigenvalue weighted by molar-refractivity contribution is -0.115. The van der Waals surface area contributed by atoms with Crippen molar-refractivity contribution in [3.05, 3.63) is 47.2 Å². The van der Waals surface area contributed by atoms with Gasteiger partial charge >= 0.3 is 0 Å². The summed E-state index contributed by atoms with van der Waals surface area (Å²) in [6, 6.07) is 8.76. The number of hydrogen-bond donors (Lipinski definition) is 2. The van der Waals surface area contributed by atoms with Crippen molar-refractivity contribution in [2.75, 3.05) is 11.9 Å². The molecule has 1 amide bonds. The van der Waals surface area contributed by atoms with Crippen LogP contribution in [0.15, 0.2) is 44.4 Å². The van der Waals surface area contributed by atoms with Crippen LogP contribution in [0.3, 0.4) is 0 Å². The van der Waals surface area contributed by atoms with Crippen LogP contribution in [0.1, 0.15) is 36.6 Å². The fourth-order valence-corrected chi connectivity index (χ4v) is 5.09. The Morgan fingerprint density at radius 1 is 1.31 bits per heavy atom. The monoisotopic (exact) mass is 432 g/mol. The van der Waals surface area contributed by atoms with Gasteiger partial charge in [-0.1, -0.05) is 23.7 Å². The zero-order valence-electron chi connectivity index (χ0n) is 15.7. The fraction of sp³-hybridized carbons (Fsp3) is 0.316. The molecule has 0 unspecified atom stereocenters.